The topological polar surface area (TPSA) is 70.1 Å². The van der Waals surface area contributed by atoms with Crippen molar-refractivity contribution >= 4 is 12.0 Å². The molecule has 19 heavy (non-hydrogen) atoms. The first-order valence-electron chi connectivity index (χ1n) is 6.77. The van der Waals surface area contributed by atoms with E-state index in [9.17, 15) is 9.59 Å². The van der Waals surface area contributed by atoms with Crippen LogP contribution in [0.15, 0.2) is 0 Å². The van der Waals surface area contributed by atoms with Crippen LogP contribution in [0, 0.1) is 0 Å². The molecule has 0 aromatic rings. The molecule has 6 nitrogen and oxygen atoms in total. The molecule has 0 aromatic heterocycles. The summed E-state index contributed by atoms with van der Waals surface area (Å²) < 4.78 is 5.60. The maximum Gasteiger partial charge on any atom is 0.320 e. The van der Waals surface area contributed by atoms with E-state index < -0.39 is 5.97 Å². The number of rotatable bonds is 4. The van der Waals surface area contributed by atoms with Crippen LogP contribution in [-0.4, -0.2) is 64.8 Å². The molecule has 6 heteroatoms. The van der Waals surface area contributed by atoms with Crippen molar-refractivity contribution in [2.75, 3.05) is 19.6 Å². The molecule has 1 N–H and O–H groups in total. The SMILES string of the molecule is CCN(C(=O)N1C[C@@H](C)O[C@@H](C)C1)C(C)CC(=O)O. The number of aliphatic carboxylic acids is 1. The minimum Gasteiger partial charge on any atom is -0.481 e. The van der Waals surface area contributed by atoms with Crippen LogP contribution in [0.2, 0.25) is 0 Å². The molecule has 1 aliphatic rings. The molecule has 0 radical (unpaired) electrons. The summed E-state index contributed by atoms with van der Waals surface area (Å²) in [5.74, 6) is -0.887. The third-order valence-electron chi connectivity index (χ3n) is 3.28. The van der Waals surface area contributed by atoms with Crippen molar-refractivity contribution in [2.45, 2.75) is 52.4 Å². The normalized spacial score (nSPS) is 24.9. The van der Waals surface area contributed by atoms with Gasteiger partial charge in [-0.2, -0.15) is 0 Å². The van der Waals surface area contributed by atoms with Gasteiger partial charge in [0.15, 0.2) is 0 Å². The van der Waals surface area contributed by atoms with Crippen molar-refractivity contribution in [3.63, 3.8) is 0 Å². The monoisotopic (exact) mass is 272 g/mol. The fraction of sp³-hybridized carbons (Fsp3) is 0.846. The summed E-state index contributed by atoms with van der Waals surface area (Å²) in [4.78, 5) is 26.6. The lowest BCUT2D eigenvalue weighted by atomic mass is 10.2. The number of carboxylic acid groups (broad SMARTS) is 1. The summed E-state index contributed by atoms with van der Waals surface area (Å²) in [5.41, 5.74) is 0. The average molecular weight is 272 g/mol. The van der Waals surface area contributed by atoms with Crippen molar-refractivity contribution < 1.29 is 19.4 Å². The van der Waals surface area contributed by atoms with E-state index in [-0.39, 0.29) is 30.7 Å². The molecular formula is C13H24N2O4. The molecule has 0 aromatic carbocycles. The predicted octanol–water partition coefficient (Wildman–Crippen LogP) is 1.40. The molecule has 1 aliphatic heterocycles. The Morgan fingerprint density at radius 1 is 1.37 bits per heavy atom. The molecule has 1 fully saturated rings. The Bertz CT molecular complexity index is 325. The first-order valence-corrected chi connectivity index (χ1v) is 6.77. The fourth-order valence-corrected chi connectivity index (χ4v) is 2.51. The number of ether oxygens (including phenoxy) is 1. The molecule has 0 bridgehead atoms. The van der Waals surface area contributed by atoms with Gasteiger partial charge in [0.2, 0.25) is 0 Å². The number of carboxylic acids is 1. The number of hydrogen-bond donors (Lipinski definition) is 1. The number of morpholine rings is 1. The number of nitrogens with zero attached hydrogens (tertiary/aromatic N) is 2. The van der Waals surface area contributed by atoms with Crippen LogP contribution in [0.3, 0.4) is 0 Å². The summed E-state index contributed by atoms with van der Waals surface area (Å²) in [6.07, 6.45) is -0.00274. The van der Waals surface area contributed by atoms with E-state index in [0.29, 0.717) is 19.6 Å². The van der Waals surface area contributed by atoms with Gasteiger partial charge in [0.05, 0.1) is 18.6 Å². The molecule has 1 heterocycles. The fourth-order valence-electron chi connectivity index (χ4n) is 2.51. The van der Waals surface area contributed by atoms with Crippen molar-refractivity contribution in [1.29, 1.82) is 0 Å². The Morgan fingerprint density at radius 2 is 1.89 bits per heavy atom. The Morgan fingerprint density at radius 3 is 2.32 bits per heavy atom. The number of carbonyl (C=O) groups is 2. The van der Waals surface area contributed by atoms with Crippen LogP contribution in [0.4, 0.5) is 4.79 Å². The molecule has 0 aliphatic carbocycles. The predicted molar refractivity (Wildman–Crippen MR) is 71.1 cm³/mol. The highest BCUT2D eigenvalue weighted by Crippen LogP contribution is 2.15. The number of amides is 2. The zero-order chi connectivity index (χ0) is 14.6. The van der Waals surface area contributed by atoms with Crippen LogP contribution in [0.5, 0.6) is 0 Å². The van der Waals surface area contributed by atoms with Crippen molar-refractivity contribution in [2.24, 2.45) is 0 Å². The van der Waals surface area contributed by atoms with Crippen LogP contribution in [0.25, 0.3) is 0 Å². The van der Waals surface area contributed by atoms with E-state index in [1.807, 2.05) is 20.8 Å². The maximum atomic E-state index is 12.4. The van der Waals surface area contributed by atoms with Gasteiger partial charge in [-0.25, -0.2) is 4.79 Å². The summed E-state index contributed by atoms with van der Waals surface area (Å²) in [5, 5.41) is 8.83. The maximum absolute atomic E-state index is 12.4. The first kappa shape index (κ1) is 15.8. The molecule has 1 rings (SSSR count). The smallest absolute Gasteiger partial charge is 0.320 e. The second-order valence-electron chi connectivity index (χ2n) is 5.18. The highest BCUT2D eigenvalue weighted by molar-refractivity contribution is 5.76. The van der Waals surface area contributed by atoms with Crippen molar-refractivity contribution in [1.82, 2.24) is 9.80 Å². The van der Waals surface area contributed by atoms with Gasteiger partial charge in [-0.1, -0.05) is 0 Å². The zero-order valence-electron chi connectivity index (χ0n) is 12.1. The van der Waals surface area contributed by atoms with Gasteiger partial charge in [0, 0.05) is 25.7 Å². The second-order valence-corrected chi connectivity index (χ2v) is 5.18. The quantitative estimate of drug-likeness (QED) is 0.840. The minimum atomic E-state index is -0.887. The number of hydrogen-bond acceptors (Lipinski definition) is 3. The largest absolute Gasteiger partial charge is 0.481 e. The van der Waals surface area contributed by atoms with Crippen molar-refractivity contribution in [3.8, 4) is 0 Å². The molecule has 110 valence electrons. The van der Waals surface area contributed by atoms with Gasteiger partial charge in [-0.3, -0.25) is 4.79 Å². The highest BCUT2D eigenvalue weighted by Gasteiger charge is 2.30. The molecule has 3 atom stereocenters. The van der Waals surface area contributed by atoms with E-state index >= 15 is 0 Å². The molecular weight excluding hydrogens is 248 g/mol. The Labute approximate surface area is 114 Å². The molecule has 1 saturated heterocycles. The second kappa shape index (κ2) is 6.75. The van der Waals surface area contributed by atoms with Gasteiger partial charge in [-0.05, 0) is 27.7 Å². The van der Waals surface area contributed by atoms with Gasteiger partial charge >= 0.3 is 12.0 Å². The molecule has 2 amide bonds. The standard InChI is InChI=1S/C13H24N2O4/c1-5-15(9(2)6-12(16)17)13(18)14-7-10(3)19-11(4)8-14/h9-11H,5-8H2,1-4H3,(H,16,17)/t9?,10-,11+. The third kappa shape index (κ3) is 4.38. The van der Waals surface area contributed by atoms with Gasteiger partial charge in [0.25, 0.3) is 0 Å². The van der Waals surface area contributed by atoms with E-state index in [0.717, 1.165) is 0 Å². The number of urea groups is 1. The highest BCUT2D eigenvalue weighted by atomic mass is 16.5. The van der Waals surface area contributed by atoms with Crippen LogP contribution < -0.4 is 0 Å². The summed E-state index contributed by atoms with van der Waals surface area (Å²) >= 11 is 0. The lowest BCUT2D eigenvalue weighted by molar-refractivity contribution is -0.138. The van der Waals surface area contributed by atoms with Gasteiger partial charge < -0.3 is 19.6 Å². The molecule has 1 unspecified atom stereocenters. The van der Waals surface area contributed by atoms with Crippen molar-refractivity contribution in [3.05, 3.63) is 0 Å². The third-order valence-corrected chi connectivity index (χ3v) is 3.28. The molecule has 0 saturated carbocycles. The summed E-state index contributed by atoms with van der Waals surface area (Å²) in [6.45, 7) is 9.12. The number of carbonyl (C=O) groups excluding carboxylic acids is 1. The lowest BCUT2D eigenvalue weighted by Crippen LogP contribution is -2.54. The zero-order valence-corrected chi connectivity index (χ0v) is 12.1. The Balaban J connectivity index is 2.69. The summed E-state index contributed by atoms with van der Waals surface area (Å²) in [7, 11) is 0. The average Bonchev–Trinajstić information content (AvgIpc) is 2.27. The van der Waals surface area contributed by atoms with Crippen LogP contribution in [-0.2, 0) is 9.53 Å². The van der Waals surface area contributed by atoms with E-state index in [1.54, 1.807) is 16.7 Å². The van der Waals surface area contributed by atoms with Crippen LogP contribution in [0.1, 0.15) is 34.1 Å². The van der Waals surface area contributed by atoms with Gasteiger partial charge in [0.1, 0.15) is 0 Å². The van der Waals surface area contributed by atoms with Gasteiger partial charge in [-0.15, -0.1) is 0 Å². The summed E-state index contributed by atoms with van der Waals surface area (Å²) in [6, 6.07) is -0.401. The van der Waals surface area contributed by atoms with E-state index in [2.05, 4.69) is 0 Å². The lowest BCUT2D eigenvalue weighted by Gasteiger charge is -2.39. The van der Waals surface area contributed by atoms with E-state index in [1.165, 1.54) is 0 Å². The Kier molecular flexibility index (Phi) is 5.60. The van der Waals surface area contributed by atoms with E-state index in [4.69, 9.17) is 9.84 Å². The first-order chi connectivity index (χ1) is 8.85. The molecule has 0 spiro atoms. The minimum absolute atomic E-state index is 0.0150. The van der Waals surface area contributed by atoms with Crippen LogP contribution >= 0.6 is 0 Å². The Hall–Kier alpha value is -1.30.